The first-order valence-corrected chi connectivity index (χ1v) is 7.83. The molecule has 90 valence electrons. The fraction of sp³-hybridized carbons (Fsp3) is 1.00. The molecular formula is C13H27NS. The van der Waals surface area contributed by atoms with Gasteiger partial charge in [-0.3, -0.25) is 0 Å². The molecule has 2 heteroatoms. The van der Waals surface area contributed by atoms with E-state index >= 15 is 0 Å². The zero-order chi connectivity index (χ0) is 10.9. The van der Waals surface area contributed by atoms with Crippen LogP contribution in [0.4, 0.5) is 0 Å². The Bertz CT molecular complexity index is 137. The Morgan fingerprint density at radius 2 is 2.00 bits per heavy atom. The van der Waals surface area contributed by atoms with Crippen LogP contribution in [0.2, 0.25) is 0 Å². The van der Waals surface area contributed by atoms with Crippen LogP contribution in [0.5, 0.6) is 0 Å². The van der Waals surface area contributed by atoms with Crippen LogP contribution in [0.3, 0.4) is 0 Å². The third-order valence-electron chi connectivity index (χ3n) is 3.28. The van der Waals surface area contributed by atoms with Crippen molar-refractivity contribution < 1.29 is 0 Å². The average Bonchev–Trinajstić information content (AvgIpc) is 2.71. The lowest BCUT2D eigenvalue weighted by Crippen LogP contribution is -2.31. The van der Waals surface area contributed by atoms with Gasteiger partial charge in [-0.2, -0.15) is 11.8 Å². The highest BCUT2D eigenvalue weighted by Crippen LogP contribution is 2.28. The van der Waals surface area contributed by atoms with Crippen molar-refractivity contribution in [3.8, 4) is 0 Å². The van der Waals surface area contributed by atoms with Crippen molar-refractivity contribution in [1.29, 1.82) is 0 Å². The highest BCUT2D eigenvalue weighted by atomic mass is 32.2. The molecule has 0 heterocycles. The summed E-state index contributed by atoms with van der Waals surface area (Å²) in [7, 11) is 0. The molecule has 1 aliphatic carbocycles. The maximum atomic E-state index is 3.59. The number of hydrogen-bond donors (Lipinski definition) is 1. The van der Waals surface area contributed by atoms with E-state index in [1.165, 1.54) is 50.0 Å². The average molecular weight is 229 g/mol. The van der Waals surface area contributed by atoms with Crippen LogP contribution < -0.4 is 5.32 Å². The van der Waals surface area contributed by atoms with Gasteiger partial charge in [-0.25, -0.2) is 0 Å². The van der Waals surface area contributed by atoms with E-state index in [4.69, 9.17) is 0 Å². The first kappa shape index (κ1) is 13.4. The van der Waals surface area contributed by atoms with Gasteiger partial charge in [0.05, 0.1) is 0 Å². The largest absolute Gasteiger partial charge is 0.313 e. The van der Waals surface area contributed by atoms with Gasteiger partial charge >= 0.3 is 0 Å². The van der Waals surface area contributed by atoms with E-state index in [1.807, 2.05) is 0 Å². The predicted octanol–water partition coefficient (Wildman–Crippen LogP) is 3.69. The quantitative estimate of drug-likeness (QED) is 0.681. The Kier molecular flexibility index (Phi) is 7.54. The van der Waals surface area contributed by atoms with E-state index in [0.29, 0.717) is 0 Å². The molecule has 0 aromatic carbocycles. The Morgan fingerprint density at radius 3 is 2.60 bits per heavy atom. The summed E-state index contributed by atoms with van der Waals surface area (Å²) < 4.78 is 0. The second kappa shape index (κ2) is 8.46. The van der Waals surface area contributed by atoms with Crippen molar-refractivity contribution in [2.24, 2.45) is 5.92 Å². The number of nitrogens with one attached hydrogen (secondary N) is 1. The Balaban J connectivity index is 2.04. The summed E-state index contributed by atoms with van der Waals surface area (Å²) in [5, 5.41) is 3.59. The molecular weight excluding hydrogens is 202 g/mol. The van der Waals surface area contributed by atoms with Gasteiger partial charge in [0.25, 0.3) is 0 Å². The van der Waals surface area contributed by atoms with Gasteiger partial charge in [0.2, 0.25) is 0 Å². The van der Waals surface area contributed by atoms with Gasteiger partial charge in [-0.05, 0) is 37.5 Å². The van der Waals surface area contributed by atoms with Crippen LogP contribution in [-0.2, 0) is 0 Å². The van der Waals surface area contributed by atoms with E-state index < -0.39 is 0 Å². The zero-order valence-corrected chi connectivity index (χ0v) is 11.2. The third kappa shape index (κ3) is 5.82. The minimum atomic E-state index is 0.756. The van der Waals surface area contributed by atoms with Crippen molar-refractivity contribution >= 4 is 11.8 Å². The van der Waals surface area contributed by atoms with Crippen molar-refractivity contribution in [2.75, 3.05) is 18.1 Å². The van der Waals surface area contributed by atoms with Crippen LogP contribution in [0.15, 0.2) is 0 Å². The van der Waals surface area contributed by atoms with Crippen molar-refractivity contribution in [3.05, 3.63) is 0 Å². The maximum absolute atomic E-state index is 3.59. The van der Waals surface area contributed by atoms with E-state index in [-0.39, 0.29) is 0 Å². The van der Waals surface area contributed by atoms with E-state index in [1.54, 1.807) is 0 Å². The fourth-order valence-corrected chi connectivity index (χ4v) is 3.81. The van der Waals surface area contributed by atoms with Crippen molar-refractivity contribution in [3.63, 3.8) is 0 Å². The molecule has 0 saturated heterocycles. The number of rotatable bonds is 8. The first-order valence-electron chi connectivity index (χ1n) is 6.68. The Morgan fingerprint density at radius 1 is 1.27 bits per heavy atom. The molecule has 1 saturated carbocycles. The molecule has 15 heavy (non-hydrogen) atoms. The lowest BCUT2D eigenvalue weighted by molar-refractivity contribution is 0.530. The molecule has 1 atom stereocenters. The van der Waals surface area contributed by atoms with Crippen molar-refractivity contribution in [2.45, 2.75) is 58.4 Å². The summed E-state index contributed by atoms with van der Waals surface area (Å²) in [4.78, 5) is 0. The standard InChI is InChI=1S/C13H27NS/c1-3-7-13(14-4-2)11-15-10-12-8-5-6-9-12/h12-14H,3-11H2,1-2H3. The summed E-state index contributed by atoms with van der Waals surface area (Å²) in [5.74, 6) is 3.77. The monoisotopic (exact) mass is 229 g/mol. The van der Waals surface area contributed by atoms with Gasteiger partial charge in [0.15, 0.2) is 0 Å². The predicted molar refractivity (Wildman–Crippen MR) is 71.7 cm³/mol. The summed E-state index contributed by atoms with van der Waals surface area (Å²) in [6.45, 7) is 5.62. The van der Waals surface area contributed by atoms with Gasteiger partial charge in [0.1, 0.15) is 0 Å². The molecule has 1 nitrogen and oxygen atoms in total. The van der Waals surface area contributed by atoms with Crippen LogP contribution in [-0.4, -0.2) is 24.1 Å². The minimum Gasteiger partial charge on any atom is -0.313 e. The number of hydrogen-bond acceptors (Lipinski definition) is 2. The lowest BCUT2D eigenvalue weighted by atomic mass is 10.1. The summed E-state index contributed by atoms with van der Waals surface area (Å²) in [6, 6.07) is 0.756. The smallest absolute Gasteiger partial charge is 0.0157 e. The molecule has 0 bridgehead atoms. The molecule has 1 aliphatic rings. The second-order valence-corrected chi connectivity index (χ2v) is 5.81. The molecule has 1 N–H and O–H groups in total. The van der Waals surface area contributed by atoms with Crippen LogP contribution >= 0.6 is 11.8 Å². The van der Waals surface area contributed by atoms with Crippen LogP contribution in [0.25, 0.3) is 0 Å². The van der Waals surface area contributed by atoms with E-state index in [9.17, 15) is 0 Å². The molecule has 0 amide bonds. The van der Waals surface area contributed by atoms with Gasteiger partial charge < -0.3 is 5.32 Å². The van der Waals surface area contributed by atoms with Gasteiger partial charge in [-0.1, -0.05) is 33.1 Å². The molecule has 0 radical (unpaired) electrons. The number of thioether (sulfide) groups is 1. The summed E-state index contributed by atoms with van der Waals surface area (Å²) >= 11 is 2.18. The summed E-state index contributed by atoms with van der Waals surface area (Å²) in [5.41, 5.74) is 0. The lowest BCUT2D eigenvalue weighted by Gasteiger charge is -2.17. The zero-order valence-electron chi connectivity index (χ0n) is 10.4. The second-order valence-electron chi connectivity index (χ2n) is 4.73. The van der Waals surface area contributed by atoms with Crippen LogP contribution in [0, 0.1) is 5.92 Å². The molecule has 0 spiro atoms. The van der Waals surface area contributed by atoms with E-state index in [2.05, 4.69) is 30.9 Å². The fourth-order valence-electron chi connectivity index (χ4n) is 2.44. The SMILES string of the molecule is CCCC(CSCC1CCCC1)NCC. The highest BCUT2D eigenvalue weighted by molar-refractivity contribution is 7.99. The molecule has 1 unspecified atom stereocenters. The van der Waals surface area contributed by atoms with E-state index in [0.717, 1.165) is 18.5 Å². The van der Waals surface area contributed by atoms with Gasteiger partial charge in [0, 0.05) is 11.8 Å². The molecule has 0 aromatic heterocycles. The van der Waals surface area contributed by atoms with Crippen LogP contribution in [0.1, 0.15) is 52.4 Å². The maximum Gasteiger partial charge on any atom is 0.0157 e. The Hall–Kier alpha value is 0.310. The topological polar surface area (TPSA) is 12.0 Å². The Labute approximate surface area is 99.8 Å². The molecule has 1 rings (SSSR count). The van der Waals surface area contributed by atoms with Crippen molar-refractivity contribution in [1.82, 2.24) is 5.32 Å². The summed E-state index contributed by atoms with van der Waals surface area (Å²) in [6.07, 6.45) is 8.60. The third-order valence-corrected chi connectivity index (χ3v) is 4.62. The normalized spacial score (nSPS) is 19.6. The molecule has 0 aromatic rings. The molecule has 1 fully saturated rings. The minimum absolute atomic E-state index is 0.756. The highest BCUT2D eigenvalue weighted by Gasteiger charge is 2.15. The molecule has 0 aliphatic heterocycles. The first-order chi connectivity index (χ1) is 7.36. The van der Waals surface area contributed by atoms with Gasteiger partial charge in [-0.15, -0.1) is 0 Å².